The van der Waals surface area contributed by atoms with Crippen LogP contribution in [0.25, 0.3) is 0 Å². The minimum absolute atomic E-state index is 0.0479. The van der Waals surface area contributed by atoms with Gasteiger partial charge in [-0.1, -0.05) is 18.5 Å². The summed E-state index contributed by atoms with van der Waals surface area (Å²) in [6.07, 6.45) is 0.601. The maximum absolute atomic E-state index is 12.9. The number of hydrogen-bond acceptors (Lipinski definition) is 10. The van der Waals surface area contributed by atoms with Crippen LogP contribution < -0.4 is 10.1 Å². The molecule has 0 bridgehead atoms. The number of rotatable bonds is 11. The number of hydrogen-bond donors (Lipinski definition) is 1. The minimum Gasteiger partial charge on any atom is -0.484 e. The van der Waals surface area contributed by atoms with E-state index in [-0.39, 0.29) is 63.2 Å². The summed E-state index contributed by atoms with van der Waals surface area (Å²) in [6, 6.07) is 6.69. The number of nitrogens with one attached hydrogen (secondary N) is 1. The van der Waals surface area contributed by atoms with E-state index >= 15 is 0 Å². The monoisotopic (exact) mass is 550 g/mol. The normalized spacial score (nSPS) is 10.6. The summed E-state index contributed by atoms with van der Waals surface area (Å²) in [7, 11) is 0. The molecule has 0 saturated carbocycles. The van der Waals surface area contributed by atoms with E-state index < -0.39 is 22.8 Å². The number of nitrogens with zero attached hydrogens (tertiary/aromatic N) is 1. The fraction of sp³-hybridized carbons (Fsp3) is 0.292. The van der Waals surface area contributed by atoms with Gasteiger partial charge in [-0.15, -0.1) is 11.3 Å². The standard InChI is InChI=1S/C24H23ClN2O9S/c1-4-10-34-23(29)19-13(3)20(24(30)33-5-2)37-22(19)26-21(28)18-9-7-15(36-18)12-35-17-8-6-14(27(31)32)11-16(17)25/h6-9,11H,4-5,10,12H2,1-3H3,(H,26,28). The number of benzene rings is 1. The number of esters is 2. The van der Waals surface area contributed by atoms with Crippen molar-refractivity contribution in [2.45, 2.75) is 33.8 Å². The van der Waals surface area contributed by atoms with Crippen molar-refractivity contribution in [3.63, 3.8) is 0 Å². The zero-order valence-corrected chi connectivity index (χ0v) is 21.7. The molecule has 0 atom stereocenters. The van der Waals surface area contributed by atoms with Gasteiger partial charge in [-0.2, -0.15) is 0 Å². The number of carbonyl (C=O) groups is 3. The van der Waals surface area contributed by atoms with E-state index in [0.717, 1.165) is 17.4 Å². The van der Waals surface area contributed by atoms with Crippen molar-refractivity contribution in [2.75, 3.05) is 18.5 Å². The van der Waals surface area contributed by atoms with Crippen molar-refractivity contribution in [3.05, 3.63) is 73.0 Å². The van der Waals surface area contributed by atoms with Gasteiger partial charge in [0.1, 0.15) is 28.0 Å². The molecule has 2 aromatic heterocycles. The Morgan fingerprint density at radius 3 is 2.54 bits per heavy atom. The second-order valence-corrected chi connectivity index (χ2v) is 8.93. The lowest BCUT2D eigenvalue weighted by atomic mass is 10.1. The fourth-order valence-corrected chi connectivity index (χ4v) is 4.43. The third-order valence-electron chi connectivity index (χ3n) is 4.86. The molecular formula is C24H23ClN2O9S. The van der Waals surface area contributed by atoms with Crippen molar-refractivity contribution in [3.8, 4) is 5.75 Å². The van der Waals surface area contributed by atoms with Gasteiger partial charge in [0.05, 0.1) is 28.7 Å². The average molecular weight is 551 g/mol. The lowest BCUT2D eigenvalue weighted by Gasteiger charge is -2.07. The first-order valence-electron chi connectivity index (χ1n) is 11.1. The zero-order chi connectivity index (χ0) is 27.1. The van der Waals surface area contributed by atoms with Gasteiger partial charge < -0.3 is 23.9 Å². The highest BCUT2D eigenvalue weighted by Gasteiger charge is 2.28. The van der Waals surface area contributed by atoms with Gasteiger partial charge in [-0.3, -0.25) is 14.9 Å². The van der Waals surface area contributed by atoms with Gasteiger partial charge in [0.15, 0.2) is 5.76 Å². The Bertz CT molecular complexity index is 1330. The van der Waals surface area contributed by atoms with Crippen molar-refractivity contribution >= 4 is 51.5 Å². The van der Waals surface area contributed by atoms with Crippen LogP contribution in [0, 0.1) is 17.0 Å². The van der Waals surface area contributed by atoms with Gasteiger partial charge in [0.2, 0.25) is 0 Å². The summed E-state index contributed by atoms with van der Waals surface area (Å²) < 4.78 is 21.3. The Morgan fingerprint density at radius 1 is 1.14 bits per heavy atom. The van der Waals surface area contributed by atoms with E-state index in [1.807, 2.05) is 6.92 Å². The maximum Gasteiger partial charge on any atom is 0.348 e. The van der Waals surface area contributed by atoms with Crippen LogP contribution in [0.5, 0.6) is 5.75 Å². The Labute approximate surface area is 220 Å². The van der Waals surface area contributed by atoms with Crippen LogP contribution in [-0.4, -0.2) is 36.0 Å². The fourth-order valence-electron chi connectivity index (χ4n) is 3.12. The molecule has 13 heteroatoms. The average Bonchev–Trinajstić information content (AvgIpc) is 3.46. The number of nitro benzene ring substituents is 1. The molecule has 0 aliphatic heterocycles. The molecule has 3 aromatic rings. The molecule has 0 aliphatic rings. The van der Waals surface area contributed by atoms with E-state index in [0.29, 0.717) is 12.0 Å². The largest absolute Gasteiger partial charge is 0.484 e. The van der Waals surface area contributed by atoms with Crippen molar-refractivity contribution in [1.82, 2.24) is 0 Å². The van der Waals surface area contributed by atoms with Gasteiger partial charge in [-0.05, 0) is 44.0 Å². The number of amides is 1. The number of carbonyl (C=O) groups excluding carboxylic acids is 3. The van der Waals surface area contributed by atoms with Crippen LogP contribution in [0.15, 0.2) is 34.7 Å². The molecule has 1 N–H and O–H groups in total. The predicted molar refractivity (Wildman–Crippen MR) is 135 cm³/mol. The highest BCUT2D eigenvalue weighted by molar-refractivity contribution is 7.18. The first kappa shape index (κ1) is 27.7. The van der Waals surface area contributed by atoms with Crippen LogP contribution in [0.4, 0.5) is 10.7 Å². The van der Waals surface area contributed by atoms with Crippen molar-refractivity contribution in [1.29, 1.82) is 0 Å². The number of ether oxygens (including phenoxy) is 3. The molecular weight excluding hydrogens is 528 g/mol. The molecule has 37 heavy (non-hydrogen) atoms. The van der Waals surface area contributed by atoms with Crippen molar-refractivity contribution in [2.24, 2.45) is 0 Å². The molecule has 0 saturated heterocycles. The molecule has 0 fully saturated rings. The molecule has 196 valence electrons. The summed E-state index contributed by atoms with van der Waals surface area (Å²) in [5.74, 6) is -1.56. The summed E-state index contributed by atoms with van der Waals surface area (Å²) >= 11 is 6.92. The SMILES string of the molecule is CCCOC(=O)c1c(NC(=O)c2ccc(COc3ccc([N+](=O)[O-])cc3Cl)o2)sc(C(=O)OCC)c1C. The molecule has 0 aliphatic carbocycles. The van der Waals surface area contributed by atoms with E-state index in [2.05, 4.69) is 5.32 Å². The summed E-state index contributed by atoms with van der Waals surface area (Å²) in [5.41, 5.74) is 0.230. The summed E-state index contributed by atoms with van der Waals surface area (Å²) in [4.78, 5) is 48.3. The van der Waals surface area contributed by atoms with Crippen LogP contribution in [0.1, 0.15) is 62.2 Å². The third-order valence-corrected chi connectivity index (χ3v) is 6.34. The van der Waals surface area contributed by atoms with Gasteiger partial charge in [0.25, 0.3) is 11.6 Å². The van der Waals surface area contributed by atoms with E-state index in [9.17, 15) is 24.5 Å². The van der Waals surface area contributed by atoms with E-state index in [4.69, 9.17) is 30.2 Å². The van der Waals surface area contributed by atoms with E-state index in [1.54, 1.807) is 13.8 Å². The predicted octanol–water partition coefficient (Wildman–Crippen LogP) is 5.79. The first-order chi connectivity index (χ1) is 17.7. The van der Waals surface area contributed by atoms with Crippen LogP contribution in [0.2, 0.25) is 5.02 Å². The van der Waals surface area contributed by atoms with Gasteiger partial charge in [0, 0.05) is 12.1 Å². The van der Waals surface area contributed by atoms with E-state index in [1.165, 1.54) is 24.3 Å². The second-order valence-electron chi connectivity index (χ2n) is 7.50. The Hall–Kier alpha value is -3.90. The van der Waals surface area contributed by atoms with Gasteiger partial charge >= 0.3 is 11.9 Å². The highest BCUT2D eigenvalue weighted by atomic mass is 35.5. The van der Waals surface area contributed by atoms with Crippen LogP contribution in [0.3, 0.4) is 0 Å². The number of non-ortho nitro benzene ring substituents is 1. The number of nitro groups is 1. The molecule has 0 radical (unpaired) electrons. The smallest absolute Gasteiger partial charge is 0.348 e. The van der Waals surface area contributed by atoms with Crippen LogP contribution in [-0.2, 0) is 16.1 Å². The molecule has 1 amide bonds. The Morgan fingerprint density at radius 2 is 1.89 bits per heavy atom. The number of furan rings is 1. The lowest BCUT2D eigenvalue weighted by Crippen LogP contribution is -2.14. The lowest BCUT2D eigenvalue weighted by molar-refractivity contribution is -0.384. The summed E-state index contributed by atoms with van der Waals surface area (Å²) in [6.45, 7) is 5.30. The Balaban J connectivity index is 1.76. The molecule has 2 heterocycles. The summed E-state index contributed by atoms with van der Waals surface area (Å²) in [5, 5.41) is 13.6. The molecule has 1 aromatic carbocycles. The molecule has 0 spiro atoms. The maximum atomic E-state index is 12.9. The quantitative estimate of drug-likeness (QED) is 0.178. The zero-order valence-electron chi connectivity index (χ0n) is 20.1. The van der Waals surface area contributed by atoms with Gasteiger partial charge in [-0.25, -0.2) is 9.59 Å². The number of anilines is 1. The highest BCUT2D eigenvalue weighted by Crippen LogP contribution is 2.35. The minimum atomic E-state index is -0.671. The first-order valence-corrected chi connectivity index (χ1v) is 12.3. The van der Waals surface area contributed by atoms with Crippen LogP contribution >= 0.6 is 22.9 Å². The molecule has 11 nitrogen and oxygen atoms in total. The molecule has 3 rings (SSSR count). The number of thiophene rings is 1. The third kappa shape index (κ3) is 6.66. The topological polar surface area (TPSA) is 147 Å². The van der Waals surface area contributed by atoms with Crippen molar-refractivity contribution < 1.29 is 37.9 Å². The number of halogens is 1. The molecule has 0 unspecified atom stereocenters. The Kier molecular flexibility index (Phi) is 9.25. The second kappa shape index (κ2) is 12.4.